The highest BCUT2D eigenvalue weighted by atomic mass is 16.5. The van der Waals surface area contributed by atoms with Crippen molar-refractivity contribution in [3.63, 3.8) is 0 Å². The molecular formula is C22H25N3O. The number of anilines is 1. The lowest BCUT2D eigenvalue weighted by atomic mass is 10.0. The van der Waals surface area contributed by atoms with Gasteiger partial charge in [-0.1, -0.05) is 36.4 Å². The molecule has 26 heavy (non-hydrogen) atoms. The van der Waals surface area contributed by atoms with Crippen LogP contribution in [0.3, 0.4) is 0 Å². The summed E-state index contributed by atoms with van der Waals surface area (Å²) in [5.74, 6) is 0.870. The van der Waals surface area contributed by atoms with Crippen molar-refractivity contribution in [3.8, 4) is 5.75 Å². The molecule has 0 saturated carbocycles. The van der Waals surface area contributed by atoms with Crippen LogP contribution in [0.15, 0.2) is 60.8 Å². The van der Waals surface area contributed by atoms with Crippen LogP contribution in [0.1, 0.15) is 18.4 Å². The number of rotatable bonds is 5. The van der Waals surface area contributed by atoms with Gasteiger partial charge in [0.25, 0.3) is 0 Å². The van der Waals surface area contributed by atoms with Crippen molar-refractivity contribution in [3.05, 3.63) is 66.4 Å². The summed E-state index contributed by atoms with van der Waals surface area (Å²) in [6, 6.07) is 19.3. The normalized spacial score (nSPS) is 15.9. The summed E-state index contributed by atoms with van der Waals surface area (Å²) >= 11 is 0. The Kier molecular flexibility index (Phi) is 5.02. The summed E-state index contributed by atoms with van der Waals surface area (Å²) in [4.78, 5) is 7.10. The first-order chi connectivity index (χ1) is 12.8. The van der Waals surface area contributed by atoms with Crippen LogP contribution in [0.4, 0.5) is 5.69 Å². The van der Waals surface area contributed by atoms with Crippen LogP contribution < -0.4 is 10.1 Å². The molecule has 4 nitrogen and oxygen atoms in total. The van der Waals surface area contributed by atoms with Gasteiger partial charge < -0.3 is 10.1 Å². The highest BCUT2D eigenvalue weighted by molar-refractivity contribution is 5.91. The molecule has 3 aromatic rings. The molecule has 134 valence electrons. The third-order valence-corrected chi connectivity index (χ3v) is 5.11. The van der Waals surface area contributed by atoms with E-state index in [4.69, 9.17) is 4.74 Å². The Bertz CT molecular complexity index is 858. The molecule has 1 aliphatic rings. The molecule has 2 heterocycles. The fourth-order valence-corrected chi connectivity index (χ4v) is 3.69. The molecule has 1 N–H and O–H groups in total. The van der Waals surface area contributed by atoms with Gasteiger partial charge in [0.2, 0.25) is 0 Å². The van der Waals surface area contributed by atoms with Crippen LogP contribution >= 0.6 is 0 Å². The molecule has 0 aliphatic carbocycles. The third kappa shape index (κ3) is 3.81. The third-order valence-electron chi connectivity index (χ3n) is 5.11. The summed E-state index contributed by atoms with van der Waals surface area (Å²) in [5.41, 5.74) is 3.48. The second kappa shape index (κ2) is 7.75. The van der Waals surface area contributed by atoms with Crippen LogP contribution in [0.25, 0.3) is 10.9 Å². The maximum absolute atomic E-state index is 5.46. The number of fused-ring (bicyclic) bond motifs is 1. The summed E-state index contributed by atoms with van der Waals surface area (Å²) in [5, 5.41) is 4.82. The van der Waals surface area contributed by atoms with E-state index < -0.39 is 0 Å². The maximum Gasteiger partial charge on any atom is 0.121 e. The summed E-state index contributed by atoms with van der Waals surface area (Å²) < 4.78 is 5.46. The number of hydrogen-bond donors (Lipinski definition) is 1. The highest BCUT2D eigenvalue weighted by Gasteiger charge is 2.20. The lowest BCUT2D eigenvalue weighted by Crippen LogP contribution is -2.38. The van der Waals surface area contributed by atoms with Crippen molar-refractivity contribution in [2.75, 3.05) is 25.5 Å². The number of methoxy groups -OCH3 is 1. The predicted molar refractivity (Wildman–Crippen MR) is 107 cm³/mol. The fraction of sp³-hybridized carbons (Fsp3) is 0.318. The second-order valence-electron chi connectivity index (χ2n) is 6.93. The van der Waals surface area contributed by atoms with E-state index >= 15 is 0 Å². The molecule has 1 fully saturated rings. The van der Waals surface area contributed by atoms with Crippen LogP contribution in [-0.4, -0.2) is 36.1 Å². The molecular weight excluding hydrogens is 322 g/mol. The molecule has 1 aromatic heterocycles. The molecule has 4 heteroatoms. The molecule has 0 spiro atoms. The number of aromatic nitrogens is 1. The second-order valence-corrected chi connectivity index (χ2v) is 6.93. The lowest BCUT2D eigenvalue weighted by Gasteiger charge is -2.33. The largest absolute Gasteiger partial charge is 0.497 e. The van der Waals surface area contributed by atoms with Crippen molar-refractivity contribution < 1.29 is 4.74 Å². The summed E-state index contributed by atoms with van der Waals surface area (Å²) in [6.45, 7) is 3.26. The van der Waals surface area contributed by atoms with Gasteiger partial charge in [0.15, 0.2) is 0 Å². The van der Waals surface area contributed by atoms with Crippen LogP contribution in [0, 0.1) is 0 Å². The number of nitrogens with one attached hydrogen (secondary N) is 1. The number of likely N-dealkylation sites (tertiary alicyclic amines) is 1. The molecule has 0 bridgehead atoms. The minimum absolute atomic E-state index is 0.472. The minimum atomic E-state index is 0.472. The van der Waals surface area contributed by atoms with E-state index in [0.717, 1.165) is 54.8 Å². The maximum atomic E-state index is 5.46. The summed E-state index contributed by atoms with van der Waals surface area (Å²) in [6.07, 6.45) is 4.12. The topological polar surface area (TPSA) is 37.4 Å². The fourth-order valence-electron chi connectivity index (χ4n) is 3.69. The monoisotopic (exact) mass is 347 g/mol. The molecule has 2 aromatic carbocycles. The highest BCUT2D eigenvalue weighted by Crippen LogP contribution is 2.29. The van der Waals surface area contributed by atoms with Crippen molar-refractivity contribution in [2.45, 2.75) is 25.4 Å². The molecule has 0 atom stereocenters. The van der Waals surface area contributed by atoms with Gasteiger partial charge in [-0.3, -0.25) is 9.88 Å². The summed E-state index contributed by atoms with van der Waals surface area (Å²) in [7, 11) is 1.71. The first kappa shape index (κ1) is 16.9. The number of benzene rings is 2. The predicted octanol–water partition coefficient (Wildman–Crippen LogP) is 4.32. The van der Waals surface area contributed by atoms with Gasteiger partial charge in [0.05, 0.1) is 18.3 Å². The minimum Gasteiger partial charge on any atom is -0.497 e. The lowest BCUT2D eigenvalue weighted by molar-refractivity contribution is 0.211. The Morgan fingerprint density at radius 3 is 2.65 bits per heavy atom. The van der Waals surface area contributed by atoms with Crippen molar-refractivity contribution in [1.29, 1.82) is 0 Å². The van der Waals surface area contributed by atoms with Crippen LogP contribution in [0.5, 0.6) is 5.75 Å². The van der Waals surface area contributed by atoms with E-state index in [9.17, 15) is 0 Å². The van der Waals surface area contributed by atoms with Gasteiger partial charge in [-0.15, -0.1) is 0 Å². The Morgan fingerprint density at radius 2 is 1.88 bits per heavy atom. The Morgan fingerprint density at radius 1 is 1.08 bits per heavy atom. The number of ether oxygens (including phenoxy) is 1. The van der Waals surface area contributed by atoms with Crippen molar-refractivity contribution in [1.82, 2.24) is 9.88 Å². The van der Waals surface area contributed by atoms with Gasteiger partial charge >= 0.3 is 0 Å². The number of nitrogens with zero attached hydrogens (tertiary/aromatic N) is 2. The van der Waals surface area contributed by atoms with E-state index in [1.54, 1.807) is 7.11 Å². The van der Waals surface area contributed by atoms with Crippen molar-refractivity contribution >= 4 is 16.6 Å². The average molecular weight is 347 g/mol. The Labute approximate surface area is 154 Å². The van der Waals surface area contributed by atoms with Crippen molar-refractivity contribution in [2.24, 2.45) is 0 Å². The van der Waals surface area contributed by atoms with E-state index in [-0.39, 0.29) is 0 Å². The quantitative estimate of drug-likeness (QED) is 0.746. The van der Waals surface area contributed by atoms with E-state index in [2.05, 4.69) is 57.7 Å². The van der Waals surface area contributed by atoms with Gasteiger partial charge in [-0.05, 0) is 30.5 Å². The Hall–Kier alpha value is -2.59. The smallest absolute Gasteiger partial charge is 0.121 e. The molecule has 1 aliphatic heterocycles. The molecule has 0 unspecified atom stereocenters. The first-order valence-electron chi connectivity index (χ1n) is 9.27. The number of pyridine rings is 1. The number of piperidine rings is 1. The molecule has 1 saturated heterocycles. The van der Waals surface area contributed by atoms with Gasteiger partial charge in [0, 0.05) is 43.3 Å². The van der Waals surface area contributed by atoms with Crippen LogP contribution in [-0.2, 0) is 6.54 Å². The van der Waals surface area contributed by atoms with E-state index in [1.165, 1.54) is 5.56 Å². The Balaban J connectivity index is 1.42. The van der Waals surface area contributed by atoms with E-state index in [1.807, 2.05) is 18.3 Å². The van der Waals surface area contributed by atoms with E-state index in [0.29, 0.717) is 6.04 Å². The first-order valence-corrected chi connectivity index (χ1v) is 9.27. The van der Waals surface area contributed by atoms with Gasteiger partial charge in [0.1, 0.15) is 5.75 Å². The zero-order chi connectivity index (χ0) is 17.8. The zero-order valence-electron chi connectivity index (χ0n) is 15.2. The SMILES string of the molecule is COc1cc(NC2CCN(Cc3ccccc3)CC2)c2ncccc2c1. The molecule has 4 rings (SSSR count). The van der Waals surface area contributed by atoms with Gasteiger partial charge in [-0.2, -0.15) is 0 Å². The van der Waals surface area contributed by atoms with Crippen LogP contribution in [0.2, 0.25) is 0 Å². The zero-order valence-corrected chi connectivity index (χ0v) is 15.2. The number of hydrogen-bond acceptors (Lipinski definition) is 4. The van der Waals surface area contributed by atoms with Gasteiger partial charge in [-0.25, -0.2) is 0 Å². The molecule has 0 radical (unpaired) electrons. The standard InChI is InChI=1S/C22H25N3O/c1-26-20-14-18-8-5-11-23-22(18)21(15-20)24-19-9-12-25(13-10-19)16-17-6-3-2-4-7-17/h2-8,11,14-15,19,24H,9-10,12-13,16H2,1H3. The average Bonchev–Trinajstić information content (AvgIpc) is 2.70. The molecule has 0 amide bonds.